The lowest BCUT2D eigenvalue weighted by molar-refractivity contribution is -0.274. The molecule has 0 amide bonds. The summed E-state index contributed by atoms with van der Waals surface area (Å²) in [5, 5.41) is 0. The van der Waals surface area contributed by atoms with Crippen LogP contribution in [-0.2, 0) is 0 Å². The third kappa shape index (κ3) is 4.74. The summed E-state index contributed by atoms with van der Waals surface area (Å²) in [5.74, 6) is 0.949. The van der Waals surface area contributed by atoms with Crippen LogP contribution in [0.3, 0.4) is 0 Å². The normalized spacial score (nSPS) is 16.0. The maximum Gasteiger partial charge on any atom is 0.573 e. The molecule has 0 N–H and O–H groups in total. The van der Waals surface area contributed by atoms with Gasteiger partial charge in [-0.2, -0.15) is 0 Å². The van der Waals surface area contributed by atoms with Gasteiger partial charge in [-0.05, 0) is 73.0 Å². The van der Waals surface area contributed by atoms with Crippen molar-refractivity contribution in [2.24, 2.45) is 4.99 Å². The summed E-state index contributed by atoms with van der Waals surface area (Å²) in [6.45, 7) is 0.775. The lowest BCUT2D eigenvalue weighted by Gasteiger charge is -2.15. The molecule has 3 heterocycles. The monoisotopic (exact) mass is 398 g/mol. The van der Waals surface area contributed by atoms with Crippen molar-refractivity contribution >= 4 is 11.8 Å². The summed E-state index contributed by atoms with van der Waals surface area (Å²) in [6.07, 6.45) is 2.60. The van der Waals surface area contributed by atoms with Gasteiger partial charge in [0.2, 0.25) is 0 Å². The average molecular weight is 398 g/mol. The van der Waals surface area contributed by atoms with Gasteiger partial charge in [0.1, 0.15) is 17.3 Å². The van der Waals surface area contributed by atoms with Gasteiger partial charge < -0.3 is 9.15 Å². The van der Waals surface area contributed by atoms with Crippen LogP contribution in [0.4, 0.5) is 13.2 Å². The molecular weight excluding hydrogens is 381 g/mol. The molecule has 29 heavy (non-hydrogen) atoms. The molecule has 0 spiro atoms. The van der Waals surface area contributed by atoms with Crippen molar-refractivity contribution in [3.63, 3.8) is 0 Å². The highest BCUT2D eigenvalue weighted by Crippen LogP contribution is 2.29. The minimum Gasteiger partial charge on any atom is -0.457 e. The Labute approximate surface area is 165 Å². The standard InChI is InChI=1S/C22H17F3N2O2/c23-22(24,25)29-18-7-5-15(6-8-18)20-10-9-19(28-20)13-16-3-2-12-27-21(16)17-4-1-11-26-14-17/h1,4-11,13-14H,2-3,12H2. The molecular formula is C22H17F3N2O2. The molecule has 4 rings (SSSR count). The Hall–Kier alpha value is -3.35. The Morgan fingerprint density at radius 1 is 1.00 bits per heavy atom. The van der Waals surface area contributed by atoms with Gasteiger partial charge in [-0.25, -0.2) is 0 Å². The number of ether oxygens (including phenoxy) is 1. The van der Waals surface area contributed by atoms with Gasteiger partial charge in [-0.1, -0.05) is 0 Å². The highest BCUT2D eigenvalue weighted by atomic mass is 19.4. The van der Waals surface area contributed by atoms with E-state index in [-0.39, 0.29) is 5.75 Å². The second kappa shape index (κ2) is 7.95. The smallest absolute Gasteiger partial charge is 0.457 e. The Morgan fingerprint density at radius 2 is 1.83 bits per heavy atom. The van der Waals surface area contributed by atoms with Crippen LogP contribution in [0.5, 0.6) is 5.75 Å². The molecule has 4 nitrogen and oxygen atoms in total. The predicted molar refractivity (Wildman–Crippen MR) is 104 cm³/mol. The van der Waals surface area contributed by atoms with Crippen LogP contribution in [0.25, 0.3) is 17.4 Å². The van der Waals surface area contributed by atoms with Crippen LogP contribution in [0.2, 0.25) is 0 Å². The summed E-state index contributed by atoms with van der Waals surface area (Å²) in [6, 6.07) is 13.0. The highest BCUT2D eigenvalue weighted by molar-refractivity contribution is 6.15. The number of nitrogens with zero attached hydrogens (tertiary/aromatic N) is 2. The maximum atomic E-state index is 12.3. The fourth-order valence-electron chi connectivity index (χ4n) is 3.18. The molecule has 0 unspecified atom stereocenters. The highest BCUT2D eigenvalue weighted by Gasteiger charge is 2.31. The van der Waals surface area contributed by atoms with E-state index in [9.17, 15) is 13.2 Å². The first-order valence-electron chi connectivity index (χ1n) is 9.10. The summed E-state index contributed by atoms with van der Waals surface area (Å²) in [4.78, 5) is 8.80. The molecule has 1 aliphatic rings. The number of rotatable bonds is 4. The topological polar surface area (TPSA) is 47.6 Å². The zero-order valence-electron chi connectivity index (χ0n) is 15.3. The third-order valence-electron chi connectivity index (χ3n) is 4.43. The lowest BCUT2D eigenvalue weighted by atomic mass is 9.96. The van der Waals surface area contributed by atoms with Crippen molar-refractivity contribution in [1.29, 1.82) is 0 Å². The molecule has 1 aromatic carbocycles. The van der Waals surface area contributed by atoms with E-state index in [0.29, 0.717) is 17.1 Å². The number of halogens is 3. The fourth-order valence-corrected chi connectivity index (χ4v) is 3.18. The van der Waals surface area contributed by atoms with E-state index >= 15 is 0 Å². The van der Waals surface area contributed by atoms with Crippen LogP contribution in [0.15, 0.2) is 75.9 Å². The summed E-state index contributed by atoms with van der Waals surface area (Å²) >= 11 is 0. The molecule has 0 saturated carbocycles. The zero-order chi connectivity index (χ0) is 20.3. The minimum atomic E-state index is -4.71. The third-order valence-corrected chi connectivity index (χ3v) is 4.43. The molecule has 0 radical (unpaired) electrons. The minimum absolute atomic E-state index is 0.269. The number of furan rings is 1. The van der Waals surface area contributed by atoms with Gasteiger partial charge in [0.15, 0.2) is 0 Å². The molecule has 0 fully saturated rings. The zero-order valence-corrected chi connectivity index (χ0v) is 15.3. The number of aliphatic imine (C=N–C) groups is 1. The first kappa shape index (κ1) is 19.0. The first-order valence-corrected chi connectivity index (χ1v) is 9.10. The molecule has 0 aliphatic carbocycles. The van der Waals surface area contributed by atoms with E-state index in [1.807, 2.05) is 24.3 Å². The summed E-state index contributed by atoms with van der Waals surface area (Å²) < 4.78 is 46.6. The number of aromatic nitrogens is 1. The molecule has 0 bridgehead atoms. The Balaban J connectivity index is 1.56. The maximum absolute atomic E-state index is 12.3. The molecule has 0 atom stereocenters. The second-order valence-corrected chi connectivity index (χ2v) is 6.52. The predicted octanol–water partition coefficient (Wildman–Crippen LogP) is 5.91. The van der Waals surface area contributed by atoms with Gasteiger partial charge in [-0.3, -0.25) is 9.98 Å². The number of benzene rings is 1. The number of hydrogen-bond donors (Lipinski definition) is 0. The van der Waals surface area contributed by atoms with Crippen molar-refractivity contribution in [3.8, 4) is 17.1 Å². The van der Waals surface area contributed by atoms with Crippen molar-refractivity contribution in [3.05, 3.63) is 77.8 Å². The molecule has 148 valence electrons. The Bertz CT molecular complexity index is 1040. The molecule has 2 aromatic heterocycles. The van der Waals surface area contributed by atoms with Crippen LogP contribution >= 0.6 is 0 Å². The van der Waals surface area contributed by atoms with Crippen molar-refractivity contribution in [2.75, 3.05) is 6.54 Å². The molecule has 3 aromatic rings. The van der Waals surface area contributed by atoms with Crippen molar-refractivity contribution in [1.82, 2.24) is 4.98 Å². The molecule has 1 aliphatic heterocycles. The second-order valence-electron chi connectivity index (χ2n) is 6.52. The lowest BCUT2D eigenvalue weighted by Crippen LogP contribution is -2.16. The van der Waals surface area contributed by atoms with Gasteiger partial charge in [0.25, 0.3) is 0 Å². The van der Waals surface area contributed by atoms with Crippen LogP contribution in [0, 0.1) is 0 Å². The fraction of sp³-hybridized carbons (Fsp3) is 0.182. The van der Waals surface area contributed by atoms with E-state index in [4.69, 9.17) is 4.42 Å². The van der Waals surface area contributed by atoms with E-state index in [1.54, 1.807) is 18.5 Å². The van der Waals surface area contributed by atoms with Crippen LogP contribution in [-0.4, -0.2) is 23.6 Å². The van der Waals surface area contributed by atoms with Gasteiger partial charge in [-0.15, -0.1) is 13.2 Å². The van der Waals surface area contributed by atoms with Crippen molar-refractivity contribution < 1.29 is 22.3 Å². The average Bonchev–Trinajstić information content (AvgIpc) is 3.17. The van der Waals surface area contributed by atoms with Gasteiger partial charge >= 0.3 is 6.36 Å². The van der Waals surface area contributed by atoms with Gasteiger partial charge in [0, 0.05) is 30.1 Å². The van der Waals surface area contributed by atoms with E-state index in [1.165, 1.54) is 24.3 Å². The van der Waals surface area contributed by atoms with Crippen LogP contribution < -0.4 is 4.74 Å². The Morgan fingerprint density at radius 3 is 2.55 bits per heavy atom. The SMILES string of the molecule is FC(F)(F)Oc1ccc(-c2ccc(C=C3CCCN=C3c3cccnc3)o2)cc1. The summed E-state index contributed by atoms with van der Waals surface area (Å²) in [7, 11) is 0. The largest absolute Gasteiger partial charge is 0.573 e. The van der Waals surface area contributed by atoms with E-state index < -0.39 is 6.36 Å². The number of hydrogen-bond acceptors (Lipinski definition) is 4. The summed E-state index contributed by atoms with van der Waals surface area (Å²) in [5.41, 5.74) is 3.61. The van der Waals surface area contributed by atoms with E-state index in [2.05, 4.69) is 14.7 Å². The van der Waals surface area contributed by atoms with Crippen molar-refractivity contribution in [2.45, 2.75) is 19.2 Å². The molecule has 7 heteroatoms. The van der Waals surface area contributed by atoms with Gasteiger partial charge in [0.05, 0.1) is 5.71 Å². The quantitative estimate of drug-likeness (QED) is 0.549. The Kier molecular flexibility index (Phi) is 5.20. The first-order chi connectivity index (χ1) is 14.0. The number of pyridine rings is 1. The molecule has 0 saturated heterocycles. The van der Waals surface area contributed by atoms with Crippen LogP contribution in [0.1, 0.15) is 24.2 Å². The number of alkyl halides is 3. The van der Waals surface area contributed by atoms with E-state index in [0.717, 1.165) is 36.2 Å². The number of allylic oxidation sites excluding steroid dienone is 1.